The van der Waals surface area contributed by atoms with Crippen molar-refractivity contribution in [2.24, 2.45) is 11.7 Å². The van der Waals surface area contributed by atoms with Crippen molar-refractivity contribution in [2.75, 3.05) is 0 Å². The molecule has 0 aliphatic heterocycles. The van der Waals surface area contributed by atoms with Crippen LogP contribution in [0.15, 0.2) is 24.3 Å². The van der Waals surface area contributed by atoms with E-state index in [1.54, 1.807) is 0 Å². The Labute approximate surface area is 78.8 Å². The van der Waals surface area contributed by atoms with Crippen molar-refractivity contribution in [3.05, 3.63) is 35.4 Å². The zero-order valence-corrected chi connectivity index (χ0v) is 8.08. The molecule has 0 aromatic heterocycles. The third-order valence-corrected chi connectivity index (χ3v) is 2.15. The summed E-state index contributed by atoms with van der Waals surface area (Å²) in [5.41, 5.74) is 7.57. The highest BCUT2D eigenvalue weighted by Crippen LogP contribution is 2.09. The second-order valence-electron chi connectivity index (χ2n) is 3.49. The molecule has 0 saturated carbocycles. The van der Waals surface area contributed by atoms with Crippen LogP contribution < -0.4 is 5.73 Å². The Balaban J connectivity index is 2.64. The van der Waals surface area contributed by atoms with Gasteiger partial charge in [0, 0.05) is 5.92 Å². The fourth-order valence-electron chi connectivity index (χ4n) is 1.18. The third kappa shape index (κ3) is 2.90. The highest BCUT2D eigenvalue weighted by atomic mass is 16.1. The van der Waals surface area contributed by atoms with Crippen molar-refractivity contribution in [3.63, 3.8) is 0 Å². The summed E-state index contributed by atoms with van der Waals surface area (Å²) in [5, 5.41) is 0. The first-order valence-corrected chi connectivity index (χ1v) is 4.44. The molecule has 2 heteroatoms. The second-order valence-corrected chi connectivity index (χ2v) is 3.49. The van der Waals surface area contributed by atoms with Crippen LogP contribution in [0.25, 0.3) is 0 Å². The fourth-order valence-corrected chi connectivity index (χ4v) is 1.18. The van der Waals surface area contributed by atoms with E-state index in [9.17, 15) is 4.79 Å². The molecule has 0 saturated heterocycles. The molecule has 0 unspecified atom stereocenters. The average molecular weight is 177 g/mol. The van der Waals surface area contributed by atoms with Crippen molar-refractivity contribution in [3.8, 4) is 0 Å². The third-order valence-electron chi connectivity index (χ3n) is 2.15. The van der Waals surface area contributed by atoms with Crippen molar-refractivity contribution in [1.29, 1.82) is 0 Å². The minimum absolute atomic E-state index is 0.0808. The Bertz CT molecular complexity index is 289. The van der Waals surface area contributed by atoms with Gasteiger partial charge in [-0.05, 0) is 18.9 Å². The summed E-state index contributed by atoms with van der Waals surface area (Å²) in [7, 11) is 0. The maximum absolute atomic E-state index is 10.8. The van der Waals surface area contributed by atoms with E-state index in [1.807, 2.05) is 38.1 Å². The van der Waals surface area contributed by atoms with Crippen molar-refractivity contribution < 1.29 is 4.79 Å². The molecular formula is C11H15NO. The maximum Gasteiger partial charge on any atom is 0.220 e. The van der Waals surface area contributed by atoms with E-state index in [0.29, 0.717) is 0 Å². The number of rotatable bonds is 3. The Kier molecular flexibility index (Phi) is 3.07. The van der Waals surface area contributed by atoms with Gasteiger partial charge in [-0.15, -0.1) is 0 Å². The van der Waals surface area contributed by atoms with Gasteiger partial charge in [0.15, 0.2) is 0 Å². The number of carbonyl (C=O) groups excluding carboxylic acids is 1. The molecule has 0 aliphatic carbocycles. The van der Waals surface area contributed by atoms with Gasteiger partial charge in [0.2, 0.25) is 5.91 Å². The van der Waals surface area contributed by atoms with Gasteiger partial charge in [-0.3, -0.25) is 4.79 Å². The Morgan fingerprint density at radius 2 is 1.92 bits per heavy atom. The summed E-state index contributed by atoms with van der Waals surface area (Å²) < 4.78 is 0. The van der Waals surface area contributed by atoms with Crippen LogP contribution >= 0.6 is 0 Å². The van der Waals surface area contributed by atoms with E-state index >= 15 is 0 Å². The smallest absolute Gasteiger partial charge is 0.220 e. The zero-order chi connectivity index (χ0) is 9.84. The van der Waals surface area contributed by atoms with Crippen molar-refractivity contribution in [1.82, 2.24) is 0 Å². The molecule has 13 heavy (non-hydrogen) atoms. The summed E-state index contributed by atoms with van der Waals surface area (Å²) >= 11 is 0. The van der Waals surface area contributed by atoms with E-state index in [-0.39, 0.29) is 11.8 Å². The Hall–Kier alpha value is -1.31. The van der Waals surface area contributed by atoms with Gasteiger partial charge in [-0.2, -0.15) is 0 Å². The standard InChI is InChI=1S/C11H15NO/c1-8-3-5-10(6-4-8)7-9(2)11(12)13/h3-6,9H,7H2,1-2H3,(H2,12,13)/t9-/m0/s1. The van der Waals surface area contributed by atoms with Gasteiger partial charge < -0.3 is 5.73 Å². The van der Waals surface area contributed by atoms with Gasteiger partial charge in [0.25, 0.3) is 0 Å². The Morgan fingerprint density at radius 3 is 2.38 bits per heavy atom. The van der Waals surface area contributed by atoms with Gasteiger partial charge in [-0.1, -0.05) is 36.8 Å². The highest BCUT2D eigenvalue weighted by Gasteiger charge is 2.08. The SMILES string of the molecule is Cc1ccc(C[C@H](C)C(N)=O)cc1. The molecule has 1 amide bonds. The topological polar surface area (TPSA) is 43.1 Å². The number of benzene rings is 1. The van der Waals surface area contributed by atoms with Crippen LogP contribution in [0.2, 0.25) is 0 Å². The molecule has 1 aromatic rings. The largest absolute Gasteiger partial charge is 0.369 e. The summed E-state index contributed by atoms with van der Waals surface area (Å²) in [4.78, 5) is 10.8. The fraction of sp³-hybridized carbons (Fsp3) is 0.364. The van der Waals surface area contributed by atoms with E-state index in [1.165, 1.54) is 5.56 Å². The normalized spacial score (nSPS) is 12.5. The van der Waals surface area contributed by atoms with Gasteiger partial charge in [0.05, 0.1) is 0 Å². The zero-order valence-electron chi connectivity index (χ0n) is 8.08. The van der Waals surface area contributed by atoms with E-state index in [2.05, 4.69) is 0 Å². The highest BCUT2D eigenvalue weighted by molar-refractivity contribution is 5.76. The lowest BCUT2D eigenvalue weighted by atomic mass is 10.00. The van der Waals surface area contributed by atoms with Crippen LogP contribution in [0, 0.1) is 12.8 Å². The number of aryl methyl sites for hydroxylation is 1. The predicted molar refractivity (Wildman–Crippen MR) is 53.2 cm³/mol. The lowest BCUT2D eigenvalue weighted by Gasteiger charge is -2.06. The quantitative estimate of drug-likeness (QED) is 0.749. The molecular weight excluding hydrogens is 162 g/mol. The van der Waals surface area contributed by atoms with Crippen molar-refractivity contribution in [2.45, 2.75) is 20.3 Å². The minimum atomic E-state index is -0.236. The monoisotopic (exact) mass is 177 g/mol. The van der Waals surface area contributed by atoms with Crippen LogP contribution in [-0.2, 0) is 11.2 Å². The first-order chi connectivity index (χ1) is 6.09. The van der Waals surface area contributed by atoms with Crippen LogP contribution in [0.3, 0.4) is 0 Å². The molecule has 0 radical (unpaired) electrons. The van der Waals surface area contributed by atoms with E-state index in [4.69, 9.17) is 5.73 Å². The van der Waals surface area contributed by atoms with Crippen LogP contribution in [0.4, 0.5) is 0 Å². The van der Waals surface area contributed by atoms with Crippen LogP contribution in [0.1, 0.15) is 18.1 Å². The van der Waals surface area contributed by atoms with Crippen LogP contribution in [0.5, 0.6) is 0 Å². The molecule has 0 bridgehead atoms. The maximum atomic E-state index is 10.8. The molecule has 0 fully saturated rings. The number of amides is 1. The molecule has 2 N–H and O–H groups in total. The number of hydrogen-bond acceptors (Lipinski definition) is 1. The molecule has 70 valence electrons. The number of hydrogen-bond donors (Lipinski definition) is 1. The second kappa shape index (κ2) is 4.08. The molecule has 0 spiro atoms. The molecule has 1 aromatic carbocycles. The molecule has 2 nitrogen and oxygen atoms in total. The first kappa shape index (κ1) is 9.78. The van der Waals surface area contributed by atoms with Gasteiger partial charge >= 0.3 is 0 Å². The number of carbonyl (C=O) groups is 1. The number of nitrogens with two attached hydrogens (primary N) is 1. The summed E-state index contributed by atoms with van der Waals surface area (Å²) in [6.07, 6.45) is 0.732. The molecule has 0 aliphatic rings. The summed E-state index contributed by atoms with van der Waals surface area (Å²) in [5.74, 6) is -0.316. The average Bonchev–Trinajstić information content (AvgIpc) is 2.08. The minimum Gasteiger partial charge on any atom is -0.369 e. The first-order valence-electron chi connectivity index (χ1n) is 4.44. The lowest BCUT2D eigenvalue weighted by Crippen LogP contribution is -2.22. The molecule has 1 atom stereocenters. The Morgan fingerprint density at radius 1 is 1.38 bits per heavy atom. The molecule has 0 heterocycles. The lowest BCUT2D eigenvalue weighted by molar-refractivity contribution is -0.121. The van der Waals surface area contributed by atoms with Gasteiger partial charge in [-0.25, -0.2) is 0 Å². The van der Waals surface area contributed by atoms with E-state index in [0.717, 1.165) is 12.0 Å². The summed E-state index contributed by atoms with van der Waals surface area (Å²) in [6.45, 7) is 3.89. The van der Waals surface area contributed by atoms with Crippen molar-refractivity contribution >= 4 is 5.91 Å². The van der Waals surface area contributed by atoms with Crippen LogP contribution in [-0.4, -0.2) is 5.91 Å². The number of primary amides is 1. The predicted octanol–water partition coefficient (Wildman–Crippen LogP) is 1.66. The van der Waals surface area contributed by atoms with E-state index < -0.39 is 0 Å². The molecule has 1 rings (SSSR count). The summed E-state index contributed by atoms with van der Waals surface area (Å²) in [6, 6.07) is 8.16. The van der Waals surface area contributed by atoms with Gasteiger partial charge in [0.1, 0.15) is 0 Å².